The molecule has 106 valence electrons. The summed E-state index contributed by atoms with van der Waals surface area (Å²) in [6.45, 7) is 3.17. The second kappa shape index (κ2) is 5.28. The highest BCUT2D eigenvalue weighted by Crippen LogP contribution is 2.39. The van der Waals surface area contributed by atoms with Crippen molar-refractivity contribution in [1.29, 1.82) is 0 Å². The highest BCUT2D eigenvalue weighted by atomic mass is 16.3. The van der Waals surface area contributed by atoms with E-state index in [1.54, 1.807) is 6.92 Å². The predicted molar refractivity (Wildman–Crippen MR) is 72.8 cm³/mol. The largest absolute Gasteiger partial charge is 0.394 e. The zero-order valence-electron chi connectivity index (χ0n) is 11.3. The van der Waals surface area contributed by atoms with E-state index in [0.29, 0.717) is 17.6 Å². The Bertz CT molecular complexity index is 458. The van der Waals surface area contributed by atoms with Gasteiger partial charge in [0.25, 0.3) is 0 Å². The van der Waals surface area contributed by atoms with Crippen LogP contribution in [0.1, 0.15) is 37.1 Å². The number of nitrogens with two attached hydrogens (primary N) is 1. The molecule has 1 aliphatic carbocycles. The third-order valence-electron chi connectivity index (χ3n) is 3.36. The fraction of sp³-hybridized carbons (Fsp3) is 0.667. The summed E-state index contributed by atoms with van der Waals surface area (Å²) in [5, 5.41) is 21.8. The van der Waals surface area contributed by atoms with Crippen LogP contribution in [0.3, 0.4) is 0 Å². The molecule has 0 atom stereocenters. The van der Waals surface area contributed by atoms with Gasteiger partial charge in [0.1, 0.15) is 17.5 Å². The molecule has 7 nitrogen and oxygen atoms in total. The molecule has 1 aliphatic rings. The van der Waals surface area contributed by atoms with Crippen molar-refractivity contribution < 1.29 is 10.2 Å². The normalized spacial score (nSPS) is 15.4. The first-order chi connectivity index (χ1) is 9.03. The molecule has 1 fully saturated rings. The molecule has 0 radical (unpaired) electrons. The topological polar surface area (TPSA) is 116 Å². The molecule has 1 aromatic heterocycles. The first kappa shape index (κ1) is 14.0. The van der Waals surface area contributed by atoms with Crippen LogP contribution in [0.15, 0.2) is 0 Å². The zero-order valence-corrected chi connectivity index (χ0v) is 11.3. The van der Waals surface area contributed by atoms with Gasteiger partial charge in [-0.1, -0.05) is 0 Å². The minimum absolute atomic E-state index is 0.197. The number of nitrogens with one attached hydrogen (secondary N) is 2. The molecule has 19 heavy (non-hydrogen) atoms. The van der Waals surface area contributed by atoms with Crippen LogP contribution in [-0.2, 0) is 0 Å². The lowest BCUT2D eigenvalue weighted by molar-refractivity contribution is 0.147. The number of hydrazine groups is 1. The van der Waals surface area contributed by atoms with Crippen molar-refractivity contribution in [3.63, 3.8) is 0 Å². The maximum absolute atomic E-state index is 9.35. The third kappa shape index (κ3) is 2.94. The number of nitrogens with zero attached hydrogens (tertiary/aromatic N) is 2. The second-order valence-electron chi connectivity index (χ2n) is 5.32. The Morgan fingerprint density at radius 1 is 1.26 bits per heavy atom. The fourth-order valence-corrected chi connectivity index (χ4v) is 1.74. The van der Waals surface area contributed by atoms with Gasteiger partial charge < -0.3 is 21.0 Å². The van der Waals surface area contributed by atoms with E-state index in [1.807, 2.05) is 6.92 Å². The van der Waals surface area contributed by atoms with E-state index in [2.05, 4.69) is 20.7 Å². The summed E-state index contributed by atoms with van der Waals surface area (Å²) in [6, 6.07) is 0. The average molecular weight is 267 g/mol. The van der Waals surface area contributed by atoms with Gasteiger partial charge in [-0.25, -0.2) is 15.8 Å². The molecule has 1 heterocycles. The lowest BCUT2D eigenvalue weighted by atomic mass is 10.1. The number of hydrogen-bond acceptors (Lipinski definition) is 7. The minimum Gasteiger partial charge on any atom is -0.394 e. The van der Waals surface area contributed by atoms with E-state index >= 15 is 0 Å². The number of aliphatic hydroxyl groups is 2. The number of hydrogen-bond donors (Lipinski definition) is 5. The van der Waals surface area contributed by atoms with Gasteiger partial charge in [0.05, 0.1) is 18.8 Å². The summed E-state index contributed by atoms with van der Waals surface area (Å²) >= 11 is 0. The monoisotopic (exact) mass is 267 g/mol. The SMILES string of the molecule is Cc1c(NN)nc(C2CC2)nc1NC(C)(CO)CO. The van der Waals surface area contributed by atoms with Crippen LogP contribution in [0, 0.1) is 6.92 Å². The standard InChI is InChI=1S/C12H21N5O2/c1-7-9(16-12(2,5-18)6-19)14-11(8-3-4-8)15-10(7)17-13/h8,18-19H,3-6,13H2,1-2H3,(H2,14,15,16,17). The van der Waals surface area contributed by atoms with Crippen molar-refractivity contribution in [2.75, 3.05) is 24.0 Å². The van der Waals surface area contributed by atoms with E-state index in [-0.39, 0.29) is 13.2 Å². The van der Waals surface area contributed by atoms with Crippen LogP contribution in [0.4, 0.5) is 11.6 Å². The molecule has 0 spiro atoms. The minimum atomic E-state index is -0.828. The molecule has 0 amide bonds. The Hall–Kier alpha value is -1.44. The Balaban J connectivity index is 2.35. The Labute approximate surface area is 112 Å². The van der Waals surface area contributed by atoms with E-state index in [9.17, 15) is 10.2 Å². The van der Waals surface area contributed by atoms with Crippen molar-refractivity contribution >= 4 is 11.6 Å². The van der Waals surface area contributed by atoms with Crippen LogP contribution < -0.4 is 16.6 Å². The van der Waals surface area contributed by atoms with Gasteiger partial charge in [-0.15, -0.1) is 0 Å². The van der Waals surface area contributed by atoms with E-state index < -0.39 is 5.54 Å². The smallest absolute Gasteiger partial charge is 0.148 e. The van der Waals surface area contributed by atoms with Crippen molar-refractivity contribution in [1.82, 2.24) is 9.97 Å². The molecule has 0 aromatic carbocycles. The number of rotatable bonds is 6. The lowest BCUT2D eigenvalue weighted by Crippen LogP contribution is -2.43. The van der Waals surface area contributed by atoms with Gasteiger partial charge in [0.15, 0.2) is 0 Å². The second-order valence-corrected chi connectivity index (χ2v) is 5.32. The van der Waals surface area contributed by atoms with Crippen molar-refractivity contribution in [2.24, 2.45) is 5.84 Å². The zero-order chi connectivity index (χ0) is 14.0. The first-order valence-corrected chi connectivity index (χ1v) is 6.38. The number of anilines is 2. The number of aromatic nitrogens is 2. The van der Waals surface area contributed by atoms with Gasteiger partial charge >= 0.3 is 0 Å². The van der Waals surface area contributed by atoms with Gasteiger partial charge in [0, 0.05) is 11.5 Å². The highest BCUT2D eigenvalue weighted by molar-refractivity contribution is 5.58. The molecule has 0 saturated heterocycles. The molecule has 0 unspecified atom stereocenters. The van der Waals surface area contributed by atoms with Crippen LogP contribution in [0.25, 0.3) is 0 Å². The Kier molecular flexibility index (Phi) is 3.88. The summed E-state index contributed by atoms with van der Waals surface area (Å²) in [5.41, 5.74) is 2.50. The molecule has 1 saturated carbocycles. The quantitative estimate of drug-likeness (QED) is 0.367. The molecule has 2 rings (SSSR count). The number of aliphatic hydroxyl groups excluding tert-OH is 2. The van der Waals surface area contributed by atoms with Crippen LogP contribution >= 0.6 is 0 Å². The molecule has 0 bridgehead atoms. The summed E-state index contributed by atoms with van der Waals surface area (Å²) in [5.74, 6) is 7.77. The average Bonchev–Trinajstić information content (AvgIpc) is 3.25. The summed E-state index contributed by atoms with van der Waals surface area (Å²) in [7, 11) is 0. The van der Waals surface area contributed by atoms with Gasteiger partial charge in [-0.3, -0.25) is 0 Å². The summed E-state index contributed by atoms with van der Waals surface area (Å²) < 4.78 is 0. The fourth-order valence-electron chi connectivity index (χ4n) is 1.74. The summed E-state index contributed by atoms with van der Waals surface area (Å²) in [4.78, 5) is 8.87. The van der Waals surface area contributed by atoms with Crippen molar-refractivity contribution in [2.45, 2.75) is 38.1 Å². The van der Waals surface area contributed by atoms with Gasteiger partial charge in [-0.05, 0) is 26.7 Å². The number of nitrogen functional groups attached to an aromatic ring is 1. The molecular formula is C12H21N5O2. The first-order valence-electron chi connectivity index (χ1n) is 6.38. The van der Waals surface area contributed by atoms with E-state index in [1.165, 1.54) is 0 Å². The maximum Gasteiger partial charge on any atom is 0.148 e. The summed E-state index contributed by atoms with van der Waals surface area (Å²) in [6.07, 6.45) is 2.17. The Morgan fingerprint density at radius 3 is 2.32 bits per heavy atom. The molecule has 6 N–H and O–H groups in total. The van der Waals surface area contributed by atoms with E-state index in [0.717, 1.165) is 24.2 Å². The van der Waals surface area contributed by atoms with Gasteiger partial charge in [-0.2, -0.15) is 0 Å². The maximum atomic E-state index is 9.35. The predicted octanol–water partition coefficient (Wildman–Crippen LogP) is 0.103. The van der Waals surface area contributed by atoms with Crippen molar-refractivity contribution in [3.05, 3.63) is 11.4 Å². The lowest BCUT2D eigenvalue weighted by Gasteiger charge is -2.28. The molecule has 7 heteroatoms. The van der Waals surface area contributed by atoms with Gasteiger partial charge in [0.2, 0.25) is 0 Å². The third-order valence-corrected chi connectivity index (χ3v) is 3.36. The molecular weight excluding hydrogens is 246 g/mol. The highest BCUT2D eigenvalue weighted by Gasteiger charge is 2.30. The van der Waals surface area contributed by atoms with Crippen molar-refractivity contribution in [3.8, 4) is 0 Å². The van der Waals surface area contributed by atoms with Crippen LogP contribution in [0.2, 0.25) is 0 Å². The Morgan fingerprint density at radius 2 is 1.84 bits per heavy atom. The van der Waals surface area contributed by atoms with Crippen LogP contribution in [-0.4, -0.2) is 38.9 Å². The molecule has 0 aliphatic heterocycles. The van der Waals surface area contributed by atoms with Crippen LogP contribution in [0.5, 0.6) is 0 Å². The van der Waals surface area contributed by atoms with E-state index in [4.69, 9.17) is 5.84 Å². The molecule has 1 aromatic rings.